The fourth-order valence-electron chi connectivity index (χ4n) is 4.54. The van der Waals surface area contributed by atoms with Crippen LogP contribution in [0.4, 0.5) is 0 Å². The van der Waals surface area contributed by atoms with E-state index in [0.29, 0.717) is 17.1 Å². The Labute approximate surface area is 235 Å². The van der Waals surface area contributed by atoms with Gasteiger partial charge in [-0.15, -0.1) is 0 Å². The van der Waals surface area contributed by atoms with Crippen LogP contribution in [0.3, 0.4) is 0 Å². The molecule has 1 aromatic heterocycles. The van der Waals surface area contributed by atoms with Gasteiger partial charge in [-0.2, -0.15) is 0 Å². The Bertz CT molecular complexity index is 1570. The Balaban J connectivity index is 1.35. The Kier molecular flexibility index (Phi) is 8.80. The van der Waals surface area contributed by atoms with Gasteiger partial charge in [-0.05, 0) is 55.3 Å². The molecule has 0 amide bonds. The molecule has 2 heterocycles. The smallest absolute Gasteiger partial charge is 0.264 e. The molecule has 204 valence electrons. The van der Waals surface area contributed by atoms with E-state index in [0.717, 1.165) is 54.0 Å². The molecule has 0 aliphatic carbocycles. The molecule has 7 nitrogen and oxygen atoms in total. The summed E-state index contributed by atoms with van der Waals surface area (Å²) in [5.41, 5.74) is 4.03. The summed E-state index contributed by atoms with van der Waals surface area (Å²) >= 11 is 6.25. The van der Waals surface area contributed by atoms with Gasteiger partial charge in [-0.25, -0.2) is 8.42 Å². The van der Waals surface area contributed by atoms with Crippen LogP contribution in [0.5, 0.6) is 5.75 Å². The minimum Gasteiger partial charge on any atom is -0.508 e. The van der Waals surface area contributed by atoms with Gasteiger partial charge in [-0.1, -0.05) is 55.1 Å². The van der Waals surface area contributed by atoms with E-state index in [1.54, 1.807) is 30.5 Å². The molecule has 0 atom stereocenters. The van der Waals surface area contributed by atoms with Crippen molar-refractivity contribution in [2.24, 2.45) is 0 Å². The zero-order valence-corrected chi connectivity index (χ0v) is 23.8. The zero-order chi connectivity index (χ0) is 28.2. The second-order valence-electron chi connectivity index (χ2n) is 9.48. The number of allylic oxidation sites excluding steroid dienone is 3. The molecule has 0 saturated carbocycles. The van der Waals surface area contributed by atoms with E-state index in [1.807, 2.05) is 44.2 Å². The van der Waals surface area contributed by atoms with Crippen molar-refractivity contribution >= 4 is 32.5 Å². The number of nitrogens with one attached hydrogen (secondary N) is 1. The maximum Gasteiger partial charge on any atom is 0.264 e. The molecule has 1 fully saturated rings. The molecule has 2 aromatic carbocycles. The molecular weight excluding hydrogens is 532 g/mol. The van der Waals surface area contributed by atoms with Gasteiger partial charge in [0.05, 0.1) is 5.52 Å². The van der Waals surface area contributed by atoms with E-state index in [9.17, 15) is 13.5 Å². The third-order valence-corrected chi connectivity index (χ3v) is 8.61. The van der Waals surface area contributed by atoms with E-state index in [-0.39, 0.29) is 16.3 Å². The van der Waals surface area contributed by atoms with Gasteiger partial charge in [0.15, 0.2) is 0 Å². The molecule has 0 spiro atoms. The number of aromatic hydroxyl groups is 1. The minimum absolute atomic E-state index is 0.102. The van der Waals surface area contributed by atoms with Gasteiger partial charge in [0.2, 0.25) is 0 Å². The highest BCUT2D eigenvalue weighted by Gasteiger charge is 2.21. The van der Waals surface area contributed by atoms with E-state index < -0.39 is 10.0 Å². The standard InChI is InChI=1S/C30H33ClN4O3S/c1-5-24(12-11-22(3)33-39(37,38)29-10-6-8-25-9-7-13-32-30(25)29)23(4)35-16-14-34(15-17-35)20-26-19-27(31)21(2)18-28(26)36/h5-13,18-19,33,36H,3-4,14-17,20H2,1-2H3/b12-11-,24-5+. The number of fused-ring (bicyclic) bond motifs is 1. The third-order valence-electron chi connectivity index (χ3n) is 6.77. The van der Waals surface area contributed by atoms with Crippen molar-refractivity contribution in [3.05, 3.63) is 113 Å². The Morgan fingerprint density at radius 1 is 1.13 bits per heavy atom. The van der Waals surface area contributed by atoms with Crippen LogP contribution >= 0.6 is 11.6 Å². The van der Waals surface area contributed by atoms with Gasteiger partial charge in [-0.3, -0.25) is 14.6 Å². The molecule has 0 radical (unpaired) electrons. The first-order valence-corrected chi connectivity index (χ1v) is 14.5. The Morgan fingerprint density at radius 2 is 1.85 bits per heavy atom. The first-order chi connectivity index (χ1) is 18.6. The summed E-state index contributed by atoms with van der Waals surface area (Å²) < 4.78 is 28.7. The van der Waals surface area contributed by atoms with Crippen molar-refractivity contribution in [3.8, 4) is 5.75 Å². The summed E-state index contributed by atoms with van der Waals surface area (Å²) in [7, 11) is -3.87. The van der Waals surface area contributed by atoms with Gasteiger partial charge in [0.25, 0.3) is 10.0 Å². The number of benzene rings is 2. The van der Waals surface area contributed by atoms with Crippen LogP contribution in [-0.2, 0) is 16.6 Å². The van der Waals surface area contributed by atoms with Crippen LogP contribution < -0.4 is 4.72 Å². The summed E-state index contributed by atoms with van der Waals surface area (Å²) in [6.45, 7) is 15.7. The predicted molar refractivity (Wildman–Crippen MR) is 158 cm³/mol. The molecule has 39 heavy (non-hydrogen) atoms. The van der Waals surface area contributed by atoms with Gasteiger partial charge >= 0.3 is 0 Å². The number of hydrogen-bond donors (Lipinski definition) is 2. The highest BCUT2D eigenvalue weighted by Crippen LogP contribution is 2.28. The van der Waals surface area contributed by atoms with Crippen molar-refractivity contribution in [3.63, 3.8) is 0 Å². The first-order valence-electron chi connectivity index (χ1n) is 12.6. The molecule has 3 aromatic rings. The van der Waals surface area contributed by atoms with Crippen LogP contribution in [0.25, 0.3) is 10.9 Å². The number of aryl methyl sites for hydroxylation is 1. The van der Waals surface area contributed by atoms with Gasteiger partial charge in [0.1, 0.15) is 10.6 Å². The molecule has 4 rings (SSSR count). The molecular formula is C30H33ClN4O3S. The maximum atomic E-state index is 13.1. The maximum absolute atomic E-state index is 13.1. The van der Waals surface area contributed by atoms with Gasteiger partial charge in [0, 0.05) is 66.3 Å². The van der Waals surface area contributed by atoms with Crippen LogP contribution in [0, 0.1) is 6.92 Å². The quantitative estimate of drug-likeness (QED) is 0.332. The predicted octanol–water partition coefficient (Wildman–Crippen LogP) is 5.53. The van der Waals surface area contributed by atoms with E-state index in [4.69, 9.17) is 11.6 Å². The van der Waals surface area contributed by atoms with E-state index in [2.05, 4.69) is 32.7 Å². The Morgan fingerprint density at radius 3 is 2.56 bits per heavy atom. The lowest BCUT2D eigenvalue weighted by Crippen LogP contribution is -2.45. The van der Waals surface area contributed by atoms with Crippen molar-refractivity contribution < 1.29 is 13.5 Å². The molecule has 0 unspecified atom stereocenters. The number of aromatic nitrogens is 1. The molecule has 2 N–H and O–H groups in total. The summed E-state index contributed by atoms with van der Waals surface area (Å²) in [6.07, 6.45) is 6.96. The monoisotopic (exact) mass is 564 g/mol. The topological polar surface area (TPSA) is 85.8 Å². The molecule has 1 saturated heterocycles. The summed E-state index contributed by atoms with van der Waals surface area (Å²) in [5, 5.41) is 11.7. The first kappa shape index (κ1) is 28.4. The normalized spacial score (nSPS) is 15.2. The summed E-state index contributed by atoms with van der Waals surface area (Å²) in [4.78, 5) is 8.82. The number of phenolic OH excluding ortho intramolecular Hbond substituents is 1. The highest BCUT2D eigenvalue weighted by molar-refractivity contribution is 7.89. The van der Waals surface area contributed by atoms with Crippen molar-refractivity contribution in [2.45, 2.75) is 25.3 Å². The largest absolute Gasteiger partial charge is 0.508 e. The number of sulfonamides is 1. The number of piperazine rings is 1. The summed E-state index contributed by atoms with van der Waals surface area (Å²) in [5.74, 6) is 0.262. The number of pyridine rings is 1. The fourth-order valence-corrected chi connectivity index (χ4v) is 5.93. The lowest BCUT2D eigenvalue weighted by Gasteiger charge is -2.37. The fraction of sp³-hybridized carbons (Fsp3) is 0.233. The molecule has 1 aliphatic rings. The van der Waals surface area contributed by atoms with Crippen LogP contribution in [-0.4, -0.2) is 54.5 Å². The number of para-hydroxylation sites is 1. The molecule has 9 heteroatoms. The minimum atomic E-state index is -3.87. The van der Waals surface area contributed by atoms with E-state index in [1.165, 1.54) is 6.07 Å². The number of phenols is 1. The molecule has 0 bridgehead atoms. The van der Waals surface area contributed by atoms with Crippen LogP contribution in [0.2, 0.25) is 5.02 Å². The van der Waals surface area contributed by atoms with Crippen molar-refractivity contribution in [2.75, 3.05) is 26.2 Å². The van der Waals surface area contributed by atoms with Gasteiger partial charge < -0.3 is 10.0 Å². The lowest BCUT2D eigenvalue weighted by atomic mass is 10.1. The lowest BCUT2D eigenvalue weighted by molar-refractivity contribution is 0.154. The highest BCUT2D eigenvalue weighted by atomic mass is 35.5. The number of hydrogen-bond acceptors (Lipinski definition) is 6. The summed E-state index contributed by atoms with van der Waals surface area (Å²) in [6, 6.07) is 12.2. The average molecular weight is 565 g/mol. The van der Waals surface area contributed by atoms with Crippen LogP contribution in [0.1, 0.15) is 18.1 Å². The third kappa shape index (κ3) is 6.71. The molecule has 1 aliphatic heterocycles. The van der Waals surface area contributed by atoms with Crippen molar-refractivity contribution in [1.82, 2.24) is 19.5 Å². The average Bonchev–Trinajstić information content (AvgIpc) is 2.91. The number of nitrogens with zero attached hydrogens (tertiary/aromatic N) is 3. The second kappa shape index (κ2) is 12.1. The van der Waals surface area contributed by atoms with Crippen molar-refractivity contribution in [1.29, 1.82) is 0 Å². The second-order valence-corrected chi connectivity index (χ2v) is 11.5. The Hall–Kier alpha value is -3.59. The zero-order valence-electron chi connectivity index (χ0n) is 22.2. The number of halogens is 1. The number of rotatable bonds is 9. The van der Waals surface area contributed by atoms with E-state index >= 15 is 0 Å². The van der Waals surface area contributed by atoms with Crippen LogP contribution in [0.15, 0.2) is 102 Å². The SMILES string of the molecule is C=C(/C=C\C(=C/C)C(=C)N1CCN(Cc2cc(Cl)c(C)cc2O)CC1)NS(=O)(=O)c1cccc2cccnc12.